The van der Waals surface area contributed by atoms with Crippen LogP contribution >= 0.6 is 0 Å². The SMILES string of the molecule is CC(=O)c1ccc(C(c2ccccc2)N2C[C@@H](C)N(Cc3ccccc3F)C[C@@H]2C)cc1. The van der Waals surface area contributed by atoms with Crippen LogP contribution in [0, 0.1) is 5.82 Å². The van der Waals surface area contributed by atoms with Crippen molar-refractivity contribution in [2.24, 2.45) is 0 Å². The molecule has 0 aromatic heterocycles. The first-order chi connectivity index (χ1) is 15.4. The minimum atomic E-state index is -0.137. The molecule has 0 saturated carbocycles. The molecule has 0 radical (unpaired) electrons. The molecule has 1 unspecified atom stereocenters. The highest BCUT2D eigenvalue weighted by molar-refractivity contribution is 5.94. The fourth-order valence-electron chi connectivity index (χ4n) is 4.76. The highest BCUT2D eigenvalue weighted by atomic mass is 19.1. The Kier molecular flexibility index (Phi) is 6.83. The predicted octanol–water partition coefficient (Wildman–Crippen LogP) is 5.71. The zero-order valence-electron chi connectivity index (χ0n) is 19.0. The van der Waals surface area contributed by atoms with Crippen LogP contribution in [0.3, 0.4) is 0 Å². The summed E-state index contributed by atoms with van der Waals surface area (Å²) < 4.78 is 14.2. The molecule has 1 aliphatic rings. The number of piperazine rings is 1. The third kappa shape index (κ3) is 4.82. The first-order valence-corrected chi connectivity index (χ1v) is 11.3. The Labute approximate surface area is 190 Å². The standard InChI is InChI=1S/C28H31FN2O/c1-20-18-31(21(2)17-30(20)19-26-11-7-8-12-27(26)29)28(24-9-5-4-6-10-24)25-15-13-23(14-16-25)22(3)32/h4-16,20-21,28H,17-19H2,1-3H3/t20-,21+,28?/m1/s1. The fourth-order valence-corrected chi connectivity index (χ4v) is 4.76. The molecule has 3 nitrogen and oxygen atoms in total. The van der Waals surface area contributed by atoms with Crippen molar-refractivity contribution in [2.45, 2.75) is 45.4 Å². The van der Waals surface area contributed by atoms with Gasteiger partial charge in [0, 0.05) is 42.8 Å². The first kappa shape index (κ1) is 22.4. The molecule has 0 N–H and O–H groups in total. The van der Waals surface area contributed by atoms with Crippen LogP contribution in [-0.2, 0) is 6.54 Å². The van der Waals surface area contributed by atoms with Crippen molar-refractivity contribution < 1.29 is 9.18 Å². The summed E-state index contributed by atoms with van der Waals surface area (Å²) in [4.78, 5) is 16.7. The second kappa shape index (κ2) is 9.76. The van der Waals surface area contributed by atoms with Crippen LogP contribution in [0.25, 0.3) is 0 Å². The van der Waals surface area contributed by atoms with Crippen molar-refractivity contribution in [3.8, 4) is 0 Å². The lowest BCUT2D eigenvalue weighted by Crippen LogP contribution is -2.56. The lowest BCUT2D eigenvalue weighted by atomic mass is 9.92. The van der Waals surface area contributed by atoms with Crippen LogP contribution < -0.4 is 0 Å². The maximum Gasteiger partial charge on any atom is 0.159 e. The van der Waals surface area contributed by atoms with Gasteiger partial charge >= 0.3 is 0 Å². The van der Waals surface area contributed by atoms with Crippen LogP contribution in [0.4, 0.5) is 4.39 Å². The Morgan fingerprint density at radius 1 is 0.875 bits per heavy atom. The quantitative estimate of drug-likeness (QED) is 0.468. The number of carbonyl (C=O) groups is 1. The molecular formula is C28H31FN2O. The van der Waals surface area contributed by atoms with Gasteiger partial charge in [0.25, 0.3) is 0 Å². The van der Waals surface area contributed by atoms with E-state index in [1.807, 2.05) is 30.3 Å². The number of nitrogens with zero attached hydrogens (tertiary/aromatic N) is 2. The molecule has 166 valence electrons. The predicted molar refractivity (Wildman–Crippen MR) is 127 cm³/mol. The van der Waals surface area contributed by atoms with E-state index in [1.165, 1.54) is 17.2 Å². The van der Waals surface area contributed by atoms with Gasteiger partial charge in [-0.15, -0.1) is 0 Å². The van der Waals surface area contributed by atoms with Gasteiger partial charge in [-0.05, 0) is 38.0 Å². The van der Waals surface area contributed by atoms with Gasteiger partial charge in [-0.3, -0.25) is 14.6 Å². The average molecular weight is 431 g/mol. The van der Waals surface area contributed by atoms with E-state index >= 15 is 0 Å². The number of benzene rings is 3. The molecule has 0 spiro atoms. The van der Waals surface area contributed by atoms with Gasteiger partial charge in [-0.2, -0.15) is 0 Å². The van der Waals surface area contributed by atoms with Gasteiger partial charge in [0.2, 0.25) is 0 Å². The van der Waals surface area contributed by atoms with Crippen molar-refractivity contribution in [1.82, 2.24) is 9.80 Å². The van der Waals surface area contributed by atoms with E-state index in [2.05, 4.69) is 60.0 Å². The Bertz CT molecular complexity index is 1050. The Balaban J connectivity index is 1.61. The molecule has 3 aromatic rings. The van der Waals surface area contributed by atoms with Crippen LogP contribution in [-0.4, -0.2) is 40.8 Å². The monoisotopic (exact) mass is 430 g/mol. The van der Waals surface area contributed by atoms with E-state index in [4.69, 9.17) is 0 Å². The molecule has 1 heterocycles. The molecule has 4 heteroatoms. The second-order valence-corrected chi connectivity index (χ2v) is 8.91. The minimum Gasteiger partial charge on any atom is -0.295 e. The van der Waals surface area contributed by atoms with Crippen molar-refractivity contribution >= 4 is 5.78 Å². The second-order valence-electron chi connectivity index (χ2n) is 8.91. The lowest BCUT2D eigenvalue weighted by molar-refractivity contribution is 0.0190. The smallest absolute Gasteiger partial charge is 0.159 e. The van der Waals surface area contributed by atoms with Crippen molar-refractivity contribution in [3.63, 3.8) is 0 Å². The topological polar surface area (TPSA) is 23.6 Å². The molecule has 32 heavy (non-hydrogen) atoms. The zero-order chi connectivity index (χ0) is 22.7. The number of Topliss-reactive ketones (excluding diaryl/α,β-unsaturated/α-hetero) is 1. The molecule has 3 atom stereocenters. The van der Waals surface area contributed by atoms with Crippen molar-refractivity contribution in [2.75, 3.05) is 13.1 Å². The normalized spacial score (nSPS) is 20.8. The Hall–Kier alpha value is -2.82. The first-order valence-electron chi connectivity index (χ1n) is 11.3. The third-order valence-corrected chi connectivity index (χ3v) is 6.57. The molecule has 0 aliphatic carbocycles. The van der Waals surface area contributed by atoms with E-state index in [9.17, 15) is 9.18 Å². The Morgan fingerprint density at radius 2 is 1.50 bits per heavy atom. The van der Waals surface area contributed by atoms with E-state index in [0.29, 0.717) is 6.54 Å². The largest absolute Gasteiger partial charge is 0.295 e. The van der Waals surface area contributed by atoms with Crippen LogP contribution in [0.5, 0.6) is 0 Å². The summed E-state index contributed by atoms with van der Waals surface area (Å²) in [7, 11) is 0. The molecule has 0 amide bonds. The molecular weight excluding hydrogens is 399 g/mol. The van der Waals surface area contributed by atoms with Gasteiger partial charge in [-0.1, -0.05) is 72.8 Å². The summed E-state index contributed by atoms with van der Waals surface area (Å²) >= 11 is 0. The third-order valence-electron chi connectivity index (χ3n) is 6.57. The van der Waals surface area contributed by atoms with Gasteiger partial charge in [-0.25, -0.2) is 4.39 Å². The molecule has 0 bridgehead atoms. The number of hydrogen-bond donors (Lipinski definition) is 0. The van der Waals surface area contributed by atoms with Crippen molar-refractivity contribution in [3.05, 3.63) is 107 Å². The van der Waals surface area contributed by atoms with Crippen molar-refractivity contribution in [1.29, 1.82) is 0 Å². The fraction of sp³-hybridized carbons (Fsp3) is 0.321. The highest BCUT2D eigenvalue weighted by Crippen LogP contribution is 2.34. The summed E-state index contributed by atoms with van der Waals surface area (Å²) in [6, 6.07) is 26.3. The maximum atomic E-state index is 14.2. The number of carbonyl (C=O) groups excluding carboxylic acids is 1. The lowest BCUT2D eigenvalue weighted by Gasteiger charge is -2.47. The number of ketones is 1. The highest BCUT2D eigenvalue weighted by Gasteiger charge is 2.35. The Morgan fingerprint density at radius 3 is 2.16 bits per heavy atom. The van der Waals surface area contributed by atoms with Crippen LogP contribution in [0.15, 0.2) is 78.9 Å². The number of hydrogen-bond acceptors (Lipinski definition) is 3. The zero-order valence-corrected chi connectivity index (χ0v) is 19.0. The van der Waals surface area contributed by atoms with Gasteiger partial charge in [0.1, 0.15) is 5.82 Å². The molecule has 4 rings (SSSR count). The van der Waals surface area contributed by atoms with Crippen LogP contribution in [0.2, 0.25) is 0 Å². The molecule has 1 saturated heterocycles. The summed E-state index contributed by atoms with van der Waals surface area (Å²) in [5.41, 5.74) is 3.91. The summed E-state index contributed by atoms with van der Waals surface area (Å²) in [5, 5.41) is 0. The maximum absolute atomic E-state index is 14.2. The molecule has 1 fully saturated rings. The number of rotatable bonds is 6. The van der Waals surface area contributed by atoms with E-state index in [0.717, 1.165) is 24.2 Å². The van der Waals surface area contributed by atoms with E-state index < -0.39 is 0 Å². The molecule has 3 aromatic carbocycles. The number of halogens is 1. The summed E-state index contributed by atoms with van der Waals surface area (Å²) in [5.74, 6) is -0.0564. The average Bonchev–Trinajstić information content (AvgIpc) is 2.79. The van der Waals surface area contributed by atoms with Gasteiger partial charge < -0.3 is 0 Å². The minimum absolute atomic E-state index is 0.0801. The summed E-state index contributed by atoms with van der Waals surface area (Å²) in [6.45, 7) is 8.44. The van der Waals surface area contributed by atoms with Gasteiger partial charge in [0.05, 0.1) is 6.04 Å². The van der Waals surface area contributed by atoms with E-state index in [1.54, 1.807) is 13.0 Å². The summed E-state index contributed by atoms with van der Waals surface area (Å²) in [6.07, 6.45) is 0. The van der Waals surface area contributed by atoms with Gasteiger partial charge in [0.15, 0.2) is 5.78 Å². The van der Waals surface area contributed by atoms with E-state index in [-0.39, 0.29) is 29.7 Å². The molecule has 1 aliphatic heterocycles. The van der Waals surface area contributed by atoms with Crippen LogP contribution in [0.1, 0.15) is 53.9 Å².